The predicted molar refractivity (Wildman–Crippen MR) is 108 cm³/mol. The maximum Gasteiger partial charge on any atom is 0.312 e. The molecule has 0 aromatic heterocycles. The summed E-state index contributed by atoms with van der Waals surface area (Å²) >= 11 is 0. The maximum absolute atomic E-state index is 13.3. The summed E-state index contributed by atoms with van der Waals surface area (Å²) in [4.78, 5) is 13.3. The van der Waals surface area contributed by atoms with Crippen molar-refractivity contribution in [3.63, 3.8) is 0 Å². The van der Waals surface area contributed by atoms with E-state index in [0.717, 1.165) is 24.7 Å². The minimum Gasteiger partial charge on any atom is -0.466 e. The minimum atomic E-state index is -0.172. The van der Waals surface area contributed by atoms with Crippen LogP contribution in [0.5, 0.6) is 0 Å². The van der Waals surface area contributed by atoms with Crippen molar-refractivity contribution in [3.05, 3.63) is 0 Å². The van der Waals surface area contributed by atoms with Gasteiger partial charge in [0.25, 0.3) is 0 Å². The van der Waals surface area contributed by atoms with Crippen molar-refractivity contribution in [3.8, 4) is 0 Å². The molecule has 3 rings (SSSR count). The molecule has 0 bridgehead atoms. The molecular weight excluding hydrogens is 320 g/mol. The lowest BCUT2D eigenvalue weighted by molar-refractivity contribution is -0.174. The second-order valence-corrected chi connectivity index (χ2v) is 9.63. The van der Waals surface area contributed by atoms with Crippen molar-refractivity contribution in [2.24, 2.45) is 22.7 Å². The van der Waals surface area contributed by atoms with E-state index in [2.05, 4.69) is 6.92 Å². The molecule has 0 N–H and O–H groups in total. The first kappa shape index (κ1) is 20.2. The minimum absolute atomic E-state index is 0.157. The zero-order valence-corrected chi connectivity index (χ0v) is 17.5. The Balaban J connectivity index is 1.78. The first-order chi connectivity index (χ1) is 12.7. The van der Waals surface area contributed by atoms with Gasteiger partial charge in [-0.05, 0) is 69.1 Å². The number of hydrogen-bond acceptors (Lipinski definition) is 2. The van der Waals surface area contributed by atoms with Crippen LogP contribution >= 0.6 is 0 Å². The summed E-state index contributed by atoms with van der Waals surface area (Å²) in [5, 5.41) is 0. The van der Waals surface area contributed by atoms with Gasteiger partial charge in [-0.25, -0.2) is 0 Å². The van der Waals surface area contributed by atoms with Gasteiger partial charge in [-0.1, -0.05) is 64.7 Å². The Labute approximate surface area is 161 Å². The molecule has 3 aliphatic carbocycles. The number of ether oxygens (including phenoxy) is 1. The SMILES string of the molecule is CCCC1(C2(C(=O)OCC)CCCCC2)CCC(C2CCCCC2)CC1. The molecule has 2 heteroatoms. The molecule has 0 amide bonds. The third-order valence-corrected chi connectivity index (χ3v) is 8.42. The fraction of sp³-hybridized carbons (Fsp3) is 0.958. The van der Waals surface area contributed by atoms with Gasteiger partial charge in [-0.3, -0.25) is 4.79 Å². The molecule has 3 fully saturated rings. The number of esters is 1. The average molecular weight is 363 g/mol. The van der Waals surface area contributed by atoms with Gasteiger partial charge in [0, 0.05) is 0 Å². The first-order valence-corrected chi connectivity index (χ1v) is 11.8. The van der Waals surface area contributed by atoms with Gasteiger partial charge in [-0.2, -0.15) is 0 Å². The quantitative estimate of drug-likeness (QED) is 0.473. The Morgan fingerprint density at radius 3 is 1.96 bits per heavy atom. The second kappa shape index (κ2) is 9.11. The smallest absolute Gasteiger partial charge is 0.312 e. The molecule has 150 valence electrons. The summed E-state index contributed by atoms with van der Waals surface area (Å²) in [5.41, 5.74) is 0.0500. The van der Waals surface area contributed by atoms with E-state index in [9.17, 15) is 4.79 Å². The van der Waals surface area contributed by atoms with Crippen LogP contribution in [0.25, 0.3) is 0 Å². The fourth-order valence-electron chi connectivity index (χ4n) is 7.09. The molecule has 0 radical (unpaired) electrons. The number of rotatable bonds is 6. The summed E-state index contributed by atoms with van der Waals surface area (Å²) in [7, 11) is 0. The zero-order valence-electron chi connectivity index (χ0n) is 17.5. The molecule has 0 aromatic rings. The highest BCUT2D eigenvalue weighted by Crippen LogP contribution is 2.61. The van der Waals surface area contributed by atoms with Crippen LogP contribution < -0.4 is 0 Å². The van der Waals surface area contributed by atoms with Crippen LogP contribution in [-0.4, -0.2) is 12.6 Å². The van der Waals surface area contributed by atoms with Crippen molar-refractivity contribution in [2.75, 3.05) is 6.61 Å². The van der Waals surface area contributed by atoms with Crippen molar-refractivity contribution >= 4 is 5.97 Å². The third kappa shape index (κ3) is 3.85. The van der Waals surface area contributed by atoms with Gasteiger partial charge < -0.3 is 4.74 Å². The van der Waals surface area contributed by atoms with Gasteiger partial charge in [0.2, 0.25) is 0 Å². The predicted octanol–water partition coefficient (Wildman–Crippen LogP) is 7.06. The van der Waals surface area contributed by atoms with Crippen LogP contribution in [0, 0.1) is 22.7 Å². The highest BCUT2D eigenvalue weighted by molar-refractivity contribution is 5.78. The summed E-state index contributed by atoms with van der Waals surface area (Å²) in [6, 6.07) is 0. The lowest BCUT2D eigenvalue weighted by Gasteiger charge is -2.55. The van der Waals surface area contributed by atoms with E-state index in [1.807, 2.05) is 6.92 Å². The maximum atomic E-state index is 13.3. The molecule has 0 aliphatic heterocycles. The Morgan fingerprint density at radius 1 is 0.808 bits per heavy atom. The van der Waals surface area contributed by atoms with Crippen molar-refractivity contribution in [1.82, 2.24) is 0 Å². The molecule has 0 spiro atoms. The molecule has 3 saturated carbocycles. The lowest BCUT2D eigenvalue weighted by atomic mass is 9.49. The Morgan fingerprint density at radius 2 is 1.38 bits per heavy atom. The van der Waals surface area contributed by atoms with E-state index in [-0.39, 0.29) is 16.8 Å². The Hall–Kier alpha value is -0.530. The van der Waals surface area contributed by atoms with Crippen molar-refractivity contribution < 1.29 is 9.53 Å². The van der Waals surface area contributed by atoms with E-state index in [0.29, 0.717) is 6.61 Å². The van der Waals surface area contributed by atoms with E-state index in [1.54, 1.807) is 0 Å². The molecule has 26 heavy (non-hydrogen) atoms. The molecule has 0 unspecified atom stereocenters. The van der Waals surface area contributed by atoms with Crippen LogP contribution in [0.15, 0.2) is 0 Å². The summed E-state index contributed by atoms with van der Waals surface area (Å²) < 4.78 is 5.71. The molecular formula is C24H42O2. The first-order valence-electron chi connectivity index (χ1n) is 11.8. The van der Waals surface area contributed by atoms with Gasteiger partial charge in [0.15, 0.2) is 0 Å². The molecule has 0 saturated heterocycles. The monoisotopic (exact) mass is 362 g/mol. The van der Waals surface area contributed by atoms with E-state index in [1.165, 1.54) is 89.9 Å². The van der Waals surface area contributed by atoms with Crippen LogP contribution in [-0.2, 0) is 9.53 Å². The van der Waals surface area contributed by atoms with E-state index >= 15 is 0 Å². The van der Waals surface area contributed by atoms with Crippen molar-refractivity contribution in [2.45, 2.75) is 117 Å². The van der Waals surface area contributed by atoms with Gasteiger partial charge >= 0.3 is 5.97 Å². The summed E-state index contributed by atoms with van der Waals surface area (Å²) in [6.07, 6.45) is 20.9. The third-order valence-electron chi connectivity index (χ3n) is 8.42. The van der Waals surface area contributed by atoms with Crippen LogP contribution in [0.4, 0.5) is 0 Å². The highest BCUT2D eigenvalue weighted by Gasteiger charge is 2.57. The molecule has 0 heterocycles. The van der Waals surface area contributed by atoms with Crippen LogP contribution in [0.2, 0.25) is 0 Å². The average Bonchev–Trinajstić information content (AvgIpc) is 2.70. The second-order valence-electron chi connectivity index (χ2n) is 9.63. The van der Waals surface area contributed by atoms with Gasteiger partial charge in [0.05, 0.1) is 12.0 Å². The Bertz CT molecular complexity index is 435. The largest absolute Gasteiger partial charge is 0.466 e. The van der Waals surface area contributed by atoms with Gasteiger partial charge in [-0.15, -0.1) is 0 Å². The highest BCUT2D eigenvalue weighted by atomic mass is 16.5. The number of carbonyl (C=O) groups is 1. The fourth-order valence-corrected chi connectivity index (χ4v) is 7.09. The standard InChI is InChI=1S/C24H42O2/c1-3-15-23(24(22(25)26-4-2)16-9-6-10-17-24)18-13-21(14-19-23)20-11-7-5-8-12-20/h20-21H,3-19H2,1-2H3. The topological polar surface area (TPSA) is 26.3 Å². The number of carbonyl (C=O) groups excluding carboxylic acids is 1. The molecule has 0 aromatic carbocycles. The number of hydrogen-bond donors (Lipinski definition) is 0. The van der Waals surface area contributed by atoms with Crippen LogP contribution in [0.3, 0.4) is 0 Å². The summed E-state index contributed by atoms with van der Waals surface area (Å²) in [5.74, 6) is 2.07. The van der Waals surface area contributed by atoms with Crippen LogP contribution in [0.1, 0.15) is 117 Å². The van der Waals surface area contributed by atoms with Crippen molar-refractivity contribution in [1.29, 1.82) is 0 Å². The zero-order chi connectivity index (χ0) is 18.5. The molecule has 2 nitrogen and oxygen atoms in total. The lowest BCUT2D eigenvalue weighted by Crippen LogP contribution is -2.52. The van der Waals surface area contributed by atoms with E-state index < -0.39 is 0 Å². The Kier molecular flexibility index (Phi) is 7.08. The molecule has 3 aliphatic rings. The van der Waals surface area contributed by atoms with E-state index in [4.69, 9.17) is 4.74 Å². The van der Waals surface area contributed by atoms with Gasteiger partial charge in [0.1, 0.15) is 0 Å². The molecule has 0 atom stereocenters. The normalized spacial score (nSPS) is 32.9. The summed E-state index contributed by atoms with van der Waals surface area (Å²) in [6.45, 7) is 4.82.